The highest BCUT2D eigenvalue weighted by molar-refractivity contribution is 6.55. The van der Waals surface area contributed by atoms with Crippen molar-refractivity contribution in [2.24, 2.45) is 0 Å². The normalized spacial score (nSPS) is 26.5. The van der Waals surface area contributed by atoms with Crippen molar-refractivity contribution >= 4 is 13.1 Å². The summed E-state index contributed by atoms with van der Waals surface area (Å²) in [5.74, 6) is -0.421. The Labute approximate surface area is 144 Å². The van der Waals surface area contributed by atoms with E-state index in [4.69, 9.17) is 23.5 Å². The summed E-state index contributed by atoms with van der Waals surface area (Å²) in [6.45, 7) is 10.9. The van der Waals surface area contributed by atoms with Gasteiger partial charge in [-0.25, -0.2) is 4.79 Å². The zero-order chi connectivity index (χ0) is 17.8. The van der Waals surface area contributed by atoms with Crippen LogP contribution in [0, 0.1) is 0 Å². The van der Waals surface area contributed by atoms with Gasteiger partial charge in [0.15, 0.2) is 6.29 Å². The maximum absolute atomic E-state index is 11.9. The molecule has 2 aliphatic heterocycles. The van der Waals surface area contributed by atoms with Gasteiger partial charge in [-0.05, 0) is 59.4 Å². The molecule has 24 heavy (non-hydrogen) atoms. The lowest BCUT2D eigenvalue weighted by Crippen LogP contribution is -2.41. The van der Waals surface area contributed by atoms with E-state index in [0.29, 0.717) is 18.7 Å². The minimum Gasteiger partial charge on any atom is -0.463 e. The maximum atomic E-state index is 11.9. The van der Waals surface area contributed by atoms with Crippen molar-refractivity contribution in [1.29, 1.82) is 0 Å². The minimum atomic E-state index is -0.636. The summed E-state index contributed by atoms with van der Waals surface area (Å²) < 4.78 is 28.5. The van der Waals surface area contributed by atoms with E-state index in [9.17, 15) is 4.79 Å². The van der Waals surface area contributed by atoms with Gasteiger partial charge in [0.1, 0.15) is 0 Å². The van der Waals surface area contributed by atoms with Crippen LogP contribution in [0.3, 0.4) is 0 Å². The van der Waals surface area contributed by atoms with E-state index in [-0.39, 0.29) is 12.9 Å². The number of hydrogen-bond acceptors (Lipinski definition) is 6. The van der Waals surface area contributed by atoms with Crippen LogP contribution in [0.4, 0.5) is 0 Å². The van der Waals surface area contributed by atoms with Crippen molar-refractivity contribution in [1.82, 2.24) is 0 Å². The first kappa shape index (κ1) is 19.4. The van der Waals surface area contributed by atoms with Crippen molar-refractivity contribution in [2.75, 3.05) is 19.8 Å². The molecule has 1 unspecified atom stereocenters. The van der Waals surface area contributed by atoms with Crippen LogP contribution >= 0.6 is 0 Å². The van der Waals surface area contributed by atoms with Crippen molar-refractivity contribution in [3.8, 4) is 0 Å². The second kappa shape index (κ2) is 8.00. The molecule has 2 rings (SSSR count). The lowest BCUT2D eigenvalue weighted by atomic mass is 9.78. The number of carbonyl (C=O) groups is 1. The fraction of sp³-hybridized carbons (Fsp3) is 0.824. The number of esters is 1. The summed E-state index contributed by atoms with van der Waals surface area (Å²) in [6, 6.07) is 0. The van der Waals surface area contributed by atoms with E-state index in [1.54, 1.807) is 6.92 Å². The van der Waals surface area contributed by atoms with Crippen LogP contribution in [0.15, 0.2) is 11.5 Å². The summed E-state index contributed by atoms with van der Waals surface area (Å²) in [7, 11) is -0.636. The summed E-state index contributed by atoms with van der Waals surface area (Å²) in [5.41, 5.74) is -0.347. The van der Waals surface area contributed by atoms with Crippen LogP contribution in [0.1, 0.15) is 53.9 Å². The van der Waals surface area contributed by atoms with Gasteiger partial charge in [-0.3, -0.25) is 0 Å². The maximum Gasteiger partial charge on any atom is 0.493 e. The molecule has 0 saturated carbocycles. The van der Waals surface area contributed by atoms with Gasteiger partial charge in [0, 0.05) is 12.7 Å². The van der Waals surface area contributed by atoms with Crippen LogP contribution in [0.2, 0.25) is 0 Å². The Morgan fingerprint density at radius 1 is 1.21 bits per heavy atom. The Hall–Kier alpha value is -0.885. The van der Waals surface area contributed by atoms with Crippen LogP contribution < -0.4 is 0 Å². The molecule has 0 aliphatic carbocycles. The van der Waals surface area contributed by atoms with Gasteiger partial charge in [-0.1, -0.05) is 0 Å². The third-order valence-electron chi connectivity index (χ3n) is 4.72. The Kier molecular flexibility index (Phi) is 6.48. The largest absolute Gasteiger partial charge is 0.493 e. The molecule has 0 bridgehead atoms. The first-order chi connectivity index (χ1) is 11.2. The second-order valence-electron chi connectivity index (χ2n) is 7.17. The SMILES string of the molecule is CCOC(=O)/C=C(\COC1CCCCO1)B1OC(C)(C)C(C)(C)O1. The number of rotatable bonds is 6. The Morgan fingerprint density at radius 3 is 2.42 bits per heavy atom. The van der Waals surface area contributed by atoms with E-state index in [2.05, 4.69) is 0 Å². The molecule has 0 N–H and O–H groups in total. The van der Waals surface area contributed by atoms with Gasteiger partial charge in [0.05, 0.1) is 24.4 Å². The van der Waals surface area contributed by atoms with Gasteiger partial charge in [0.25, 0.3) is 0 Å². The van der Waals surface area contributed by atoms with Crippen molar-refractivity contribution in [3.05, 3.63) is 11.5 Å². The fourth-order valence-corrected chi connectivity index (χ4v) is 2.54. The molecule has 7 heteroatoms. The van der Waals surface area contributed by atoms with Gasteiger partial charge < -0.3 is 23.5 Å². The Bertz CT molecular complexity index is 452. The van der Waals surface area contributed by atoms with Crippen molar-refractivity contribution in [3.63, 3.8) is 0 Å². The first-order valence-electron chi connectivity index (χ1n) is 8.71. The fourth-order valence-electron chi connectivity index (χ4n) is 2.54. The lowest BCUT2D eigenvalue weighted by molar-refractivity contribution is -0.156. The second-order valence-corrected chi connectivity index (χ2v) is 7.17. The van der Waals surface area contributed by atoms with E-state index in [1.807, 2.05) is 27.7 Å². The molecule has 6 nitrogen and oxygen atoms in total. The highest BCUT2D eigenvalue weighted by Crippen LogP contribution is 2.38. The van der Waals surface area contributed by atoms with Crippen LogP contribution in [-0.2, 0) is 28.3 Å². The standard InChI is InChI=1S/C17H29BO6/c1-6-20-14(19)11-13(12-22-15-9-7-8-10-21-15)18-23-16(2,3)17(4,5)24-18/h11,15H,6-10,12H2,1-5H3/b13-11+. The number of ether oxygens (including phenoxy) is 3. The molecule has 1 atom stereocenters. The average molecular weight is 340 g/mol. The smallest absolute Gasteiger partial charge is 0.463 e. The highest BCUT2D eigenvalue weighted by atomic mass is 16.7. The molecule has 0 radical (unpaired) electrons. The molecule has 0 spiro atoms. The van der Waals surface area contributed by atoms with E-state index in [1.165, 1.54) is 6.08 Å². The first-order valence-corrected chi connectivity index (χ1v) is 8.71. The van der Waals surface area contributed by atoms with Crippen LogP contribution in [0.5, 0.6) is 0 Å². The Balaban J connectivity index is 2.07. The van der Waals surface area contributed by atoms with Gasteiger partial charge in [-0.15, -0.1) is 0 Å². The summed E-state index contributed by atoms with van der Waals surface area (Å²) in [5, 5.41) is 0. The Morgan fingerprint density at radius 2 is 1.88 bits per heavy atom. The third-order valence-corrected chi connectivity index (χ3v) is 4.72. The van der Waals surface area contributed by atoms with Crippen LogP contribution in [0.25, 0.3) is 0 Å². The number of carbonyl (C=O) groups excluding carboxylic acids is 1. The van der Waals surface area contributed by atoms with Crippen LogP contribution in [-0.4, -0.2) is 50.4 Å². The minimum absolute atomic E-state index is 0.209. The predicted octanol–water partition coefficient (Wildman–Crippen LogP) is 2.65. The van der Waals surface area contributed by atoms with Gasteiger partial charge >= 0.3 is 13.1 Å². The molecule has 0 aromatic heterocycles. The van der Waals surface area contributed by atoms with Gasteiger partial charge in [-0.2, -0.15) is 0 Å². The monoisotopic (exact) mass is 340 g/mol. The van der Waals surface area contributed by atoms with Gasteiger partial charge in [0.2, 0.25) is 0 Å². The molecular formula is C17H29BO6. The third kappa shape index (κ3) is 4.82. The molecule has 2 aliphatic rings. The van der Waals surface area contributed by atoms with E-state index < -0.39 is 24.3 Å². The summed E-state index contributed by atoms with van der Waals surface area (Å²) in [4.78, 5) is 11.9. The summed E-state index contributed by atoms with van der Waals surface area (Å²) in [6.07, 6.45) is 4.16. The zero-order valence-corrected chi connectivity index (χ0v) is 15.4. The molecule has 136 valence electrons. The molecular weight excluding hydrogens is 311 g/mol. The molecule has 0 aromatic rings. The lowest BCUT2D eigenvalue weighted by Gasteiger charge is -2.32. The topological polar surface area (TPSA) is 63.2 Å². The predicted molar refractivity (Wildman–Crippen MR) is 90.3 cm³/mol. The number of hydrogen-bond donors (Lipinski definition) is 0. The summed E-state index contributed by atoms with van der Waals surface area (Å²) >= 11 is 0. The molecule has 2 fully saturated rings. The zero-order valence-electron chi connectivity index (χ0n) is 15.4. The average Bonchev–Trinajstić information content (AvgIpc) is 2.73. The van der Waals surface area contributed by atoms with Crippen molar-refractivity contribution in [2.45, 2.75) is 71.4 Å². The highest BCUT2D eigenvalue weighted by Gasteiger charge is 2.52. The van der Waals surface area contributed by atoms with Crippen molar-refractivity contribution < 1.29 is 28.3 Å². The molecule has 2 heterocycles. The molecule has 2 saturated heterocycles. The van der Waals surface area contributed by atoms with E-state index >= 15 is 0 Å². The molecule has 0 amide bonds. The quantitative estimate of drug-likeness (QED) is 0.421. The molecule has 0 aromatic carbocycles. The van der Waals surface area contributed by atoms with E-state index in [0.717, 1.165) is 19.3 Å².